The molecule has 9 nitrogen and oxygen atoms in total. The van der Waals surface area contributed by atoms with Gasteiger partial charge in [-0.2, -0.15) is 15.1 Å². The lowest BCUT2D eigenvalue weighted by atomic mass is 10.2. The number of halogens is 1. The minimum absolute atomic E-state index is 0.619. The molecule has 0 spiro atoms. The summed E-state index contributed by atoms with van der Waals surface area (Å²) in [6, 6.07) is 13.2. The van der Waals surface area contributed by atoms with Crippen LogP contribution in [-0.2, 0) is 9.47 Å². The molecular formula is C23H25ClN6O3. The fourth-order valence-corrected chi connectivity index (χ4v) is 3.82. The molecule has 5 rings (SSSR count). The van der Waals surface area contributed by atoms with E-state index in [0.717, 1.165) is 43.3 Å². The molecule has 2 saturated heterocycles. The SMILES string of the molecule is Clc1ccc(-c2ccc(/C=N/Nc3cc(N4CCOCC4)nc(N4CCOCC4)n3)o2)cc1. The van der Waals surface area contributed by atoms with Crippen LogP contribution in [0.4, 0.5) is 17.6 Å². The van der Waals surface area contributed by atoms with Crippen molar-refractivity contribution >= 4 is 35.4 Å². The fourth-order valence-electron chi connectivity index (χ4n) is 3.69. The highest BCUT2D eigenvalue weighted by atomic mass is 35.5. The van der Waals surface area contributed by atoms with Gasteiger partial charge in [0.15, 0.2) is 5.82 Å². The number of hydrogen-bond acceptors (Lipinski definition) is 9. The second kappa shape index (κ2) is 10.2. The zero-order valence-corrected chi connectivity index (χ0v) is 18.9. The van der Waals surface area contributed by atoms with Crippen molar-refractivity contribution in [2.24, 2.45) is 5.10 Å². The van der Waals surface area contributed by atoms with Gasteiger partial charge in [-0.25, -0.2) is 0 Å². The molecule has 2 aromatic heterocycles. The van der Waals surface area contributed by atoms with Crippen LogP contribution in [0.15, 0.2) is 52.0 Å². The minimum Gasteiger partial charge on any atom is -0.455 e. The highest BCUT2D eigenvalue weighted by Gasteiger charge is 2.19. The molecule has 2 fully saturated rings. The Morgan fingerprint density at radius 3 is 2.30 bits per heavy atom. The van der Waals surface area contributed by atoms with Gasteiger partial charge in [-0.05, 0) is 36.4 Å². The number of anilines is 3. The number of hydrogen-bond donors (Lipinski definition) is 1. The molecule has 10 heteroatoms. The Balaban J connectivity index is 1.32. The summed E-state index contributed by atoms with van der Waals surface area (Å²) in [5.74, 6) is 3.52. The van der Waals surface area contributed by atoms with Crippen molar-refractivity contribution in [2.75, 3.05) is 67.8 Å². The number of ether oxygens (including phenoxy) is 2. The number of furan rings is 1. The van der Waals surface area contributed by atoms with E-state index in [-0.39, 0.29) is 0 Å². The molecule has 0 atom stereocenters. The van der Waals surface area contributed by atoms with Gasteiger partial charge in [0.2, 0.25) is 5.95 Å². The summed E-state index contributed by atoms with van der Waals surface area (Å²) in [6.45, 7) is 5.81. The lowest BCUT2D eigenvalue weighted by molar-refractivity contribution is 0.121. The molecule has 172 valence electrons. The monoisotopic (exact) mass is 468 g/mol. The molecule has 1 aromatic carbocycles. The molecule has 2 aliphatic heterocycles. The van der Waals surface area contributed by atoms with Crippen LogP contribution in [0.1, 0.15) is 5.76 Å². The van der Waals surface area contributed by atoms with Crippen LogP contribution in [0.5, 0.6) is 0 Å². The molecule has 0 radical (unpaired) electrons. The Kier molecular flexibility index (Phi) is 6.71. The second-order valence-corrected chi connectivity index (χ2v) is 8.13. The number of morpholine rings is 2. The molecule has 0 saturated carbocycles. The van der Waals surface area contributed by atoms with E-state index in [1.54, 1.807) is 6.21 Å². The number of benzene rings is 1. The summed E-state index contributed by atoms with van der Waals surface area (Å²) in [5, 5.41) is 5.03. The number of rotatable bonds is 6. The van der Waals surface area contributed by atoms with Gasteiger partial charge in [0, 0.05) is 42.8 Å². The molecule has 2 aliphatic rings. The minimum atomic E-state index is 0.619. The summed E-state index contributed by atoms with van der Waals surface area (Å²) in [5.41, 5.74) is 3.99. The average molecular weight is 469 g/mol. The van der Waals surface area contributed by atoms with Crippen molar-refractivity contribution in [1.29, 1.82) is 0 Å². The van der Waals surface area contributed by atoms with Crippen LogP contribution in [0.2, 0.25) is 5.02 Å². The van der Waals surface area contributed by atoms with Gasteiger partial charge in [-0.3, -0.25) is 5.43 Å². The van der Waals surface area contributed by atoms with E-state index in [1.807, 2.05) is 42.5 Å². The van der Waals surface area contributed by atoms with Gasteiger partial charge < -0.3 is 23.7 Å². The molecular weight excluding hydrogens is 444 g/mol. The molecule has 0 unspecified atom stereocenters. The molecule has 4 heterocycles. The molecule has 0 aliphatic carbocycles. The quantitative estimate of drug-likeness (QED) is 0.434. The van der Waals surface area contributed by atoms with Crippen LogP contribution >= 0.6 is 11.6 Å². The maximum absolute atomic E-state index is 5.96. The van der Waals surface area contributed by atoms with E-state index in [9.17, 15) is 0 Å². The van der Waals surface area contributed by atoms with Crippen LogP contribution in [0.25, 0.3) is 11.3 Å². The zero-order chi connectivity index (χ0) is 22.5. The summed E-state index contributed by atoms with van der Waals surface area (Å²) in [7, 11) is 0. The van der Waals surface area contributed by atoms with Crippen molar-refractivity contribution in [3.05, 3.63) is 53.2 Å². The summed E-state index contributed by atoms with van der Waals surface area (Å²) >= 11 is 5.96. The third kappa shape index (κ3) is 5.44. The largest absolute Gasteiger partial charge is 0.455 e. The van der Waals surface area contributed by atoms with Crippen LogP contribution in [0, 0.1) is 0 Å². The molecule has 0 bridgehead atoms. The summed E-state index contributed by atoms with van der Waals surface area (Å²) < 4.78 is 16.8. The van der Waals surface area contributed by atoms with Crippen molar-refractivity contribution in [1.82, 2.24) is 9.97 Å². The van der Waals surface area contributed by atoms with Crippen molar-refractivity contribution in [3.63, 3.8) is 0 Å². The number of hydrazone groups is 1. The van der Waals surface area contributed by atoms with Gasteiger partial charge in [0.1, 0.15) is 17.3 Å². The smallest absolute Gasteiger partial charge is 0.229 e. The van der Waals surface area contributed by atoms with E-state index < -0.39 is 0 Å². The Bertz CT molecular complexity index is 1060. The van der Waals surface area contributed by atoms with E-state index in [0.29, 0.717) is 49.0 Å². The predicted octanol–water partition coefficient (Wildman–Crippen LogP) is 3.51. The van der Waals surface area contributed by atoms with Crippen molar-refractivity contribution < 1.29 is 13.9 Å². The standard InChI is InChI=1S/C23H25ClN6O3/c24-18-3-1-17(2-4-18)20-6-5-19(33-20)16-25-28-21-15-22(29-7-11-31-12-8-29)27-23(26-21)30-9-13-32-14-10-30/h1-6,15-16H,7-14H2,(H,26,27,28)/b25-16+. The van der Waals surface area contributed by atoms with E-state index in [4.69, 9.17) is 30.5 Å². The fraction of sp³-hybridized carbons (Fsp3) is 0.348. The highest BCUT2D eigenvalue weighted by Crippen LogP contribution is 2.24. The van der Waals surface area contributed by atoms with Crippen LogP contribution in [0.3, 0.4) is 0 Å². The van der Waals surface area contributed by atoms with Crippen LogP contribution < -0.4 is 15.2 Å². The van der Waals surface area contributed by atoms with E-state index >= 15 is 0 Å². The Hall–Kier alpha value is -3.14. The first-order valence-corrected chi connectivity index (χ1v) is 11.3. The number of aromatic nitrogens is 2. The highest BCUT2D eigenvalue weighted by molar-refractivity contribution is 6.30. The van der Waals surface area contributed by atoms with Gasteiger partial charge in [0.25, 0.3) is 0 Å². The zero-order valence-electron chi connectivity index (χ0n) is 18.1. The van der Waals surface area contributed by atoms with Gasteiger partial charge in [-0.1, -0.05) is 11.6 Å². The number of nitrogens with one attached hydrogen (secondary N) is 1. The second-order valence-electron chi connectivity index (χ2n) is 7.69. The van der Waals surface area contributed by atoms with Gasteiger partial charge in [-0.15, -0.1) is 0 Å². The Morgan fingerprint density at radius 1 is 0.879 bits per heavy atom. The van der Waals surface area contributed by atoms with E-state index in [2.05, 4.69) is 25.3 Å². The van der Waals surface area contributed by atoms with Gasteiger partial charge >= 0.3 is 0 Å². The average Bonchev–Trinajstić information content (AvgIpc) is 3.34. The lowest BCUT2D eigenvalue weighted by Crippen LogP contribution is -2.39. The Labute approximate surface area is 197 Å². The van der Waals surface area contributed by atoms with Crippen LogP contribution in [-0.4, -0.2) is 68.8 Å². The van der Waals surface area contributed by atoms with Crippen molar-refractivity contribution in [3.8, 4) is 11.3 Å². The molecule has 33 heavy (non-hydrogen) atoms. The first-order chi connectivity index (χ1) is 16.2. The molecule has 3 aromatic rings. The maximum atomic E-state index is 5.96. The normalized spacial score (nSPS) is 17.0. The van der Waals surface area contributed by atoms with E-state index in [1.165, 1.54) is 0 Å². The predicted molar refractivity (Wildman–Crippen MR) is 128 cm³/mol. The molecule has 1 N–H and O–H groups in total. The topological polar surface area (TPSA) is 88.2 Å². The summed E-state index contributed by atoms with van der Waals surface area (Å²) in [6.07, 6.45) is 1.63. The first-order valence-electron chi connectivity index (χ1n) is 10.9. The molecule has 0 amide bonds. The third-order valence-corrected chi connectivity index (χ3v) is 5.71. The third-order valence-electron chi connectivity index (χ3n) is 5.46. The lowest BCUT2D eigenvalue weighted by Gasteiger charge is -2.31. The summed E-state index contributed by atoms with van der Waals surface area (Å²) in [4.78, 5) is 13.8. The Morgan fingerprint density at radius 2 is 1.58 bits per heavy atom. The maximum Gasteiger partial charge on any atom is 0.229 e. The van der Waals surface area contributed by atoms with Gasteiger partial charge in [0.05, 0.1) is 32.6 Å². The van der Waals surface area contributed by atoms with Crippen molar-refractivity contribution in [2.45, 2.75) is 0 Å². The number of nitrogens with zero attached hydrogens (tertiary/aromatic N) is 5. The first kappa shape index (κ1) is 21.7.